The molecule has 2 heterocycles. The highest BCUT2D eigenvalue weighted by Crippen LogP contribution is 2.23. The van der Waals surface area contributed by atoms with E-state index in [1.807, 2.05) is 7.05 Å². The van der Waals surface area contributed by atoms with E-state index in [9.17, 15) is 8.42 Å². The van der Waals surface area contributed by atoms with Crippen LogP contribution in [0.3, 0.4) is 0 Å². The largest absolute Gasteiger partial charge is 0.315 e. The van der Waals surface area contributed by atoms with Crippen molar-refractivity contribution in [1.29, 1.82) is 0 Å². The summed E-state index contributed by atoms with van der Waals surface area (Å²) in [6, 6.07) is 6.72. The summed E-state index contributed by atoms with van der Waals surface area (Å²) in [6.45, 7) is 0.650. The summed E-state index contributed by atoms with van der Waals surface area (Å²) in [5.74, 6) is 0.298. The van der Waals surface area contributed by atoms with Gasteiger partial charge in [0.05, 0.1) is 0 Å². The first-order chi connectivity index (χ1) is 9.01. The maximum Gasteiger partial charge on any atom is 0.272 e. The smallest absolute Gasteiger partial charge is 0.272 e. The van der Waals surface area contributed by atoms with E-state index in [4.69, 9.17) is 0 Å². The molecule has 2 rings (SSSR count). The van der Waals surface area contributed by atoms with Gasteiger partial charge in [-0.25, -0.2) is 13.4 Å². The molecule has 0 unspecified atom stereocenters. The minimum atomic E-state index is -3.56. The highest BCUT2D eigenvalue weighted by atomic mass is 79.9. The molecule has 102 valence electrons. The zero-order chi connectivity index (χ0) is 13.9. The van der Waals surface area contributed by atoms with Crippen LogP contribution < -0.4 is 10.0 Å². The number of nitrogens with zero attached hydrogens (tertiary/aromatic N) is 1. The van der Waals surface area contributed by atoms with E-state index < -0.39 is 10.0 Å². The number of hydrogen-bond acceptors (Lipinski definition) is 5. The quantitative estimate of drug-likeness (QED) is 0.857. The Labute approximate surface area is 124 Å². The molecule has 8 heteroatoms. The van der Waals surface area contributed by atoms with E-state index in [2.05, 4.69) is 31.0 Å². The number of pyridine rings is 1. The van der Waals surface area contributed by atoms with Crippen molar-refractivity contribution >= 4 is 43.1 Å². The van der Waals surface area contributed by atoms with Crippen molar-refractivity contribution in [3.63, 3.8) is 0 Å². The van der Waals surface area contributed by atoms with Gasteiger partial charge in [0.25, 0.3) is 10.0 Å². The Morgan fingerprint density at radius 3 is 2.74 bits per heavy atom. The maximum atomic E-state index is 12.1. The zero-order valence-electron chi connectivity index (χ0n) is 10.1. The molecule has 2 N–H and O–H groups in total. The third-order valence-corrected chi connectivity index (χ3v) is 5.62. The minimum Gasteiger partial charge on any atom is -0.315 e. The van der Waals surface area contributed by atoms with Gasteiger partial charge < -0.3 is 5.32 Å². The Kier molecular flexibility index (Phi) is 4.56. The number of rotatable bonds is 5. The minimum absolute atomic E-state index is 0.280. The number of anilines is 1. The number of halogens is 1. The van der Waals surface area contributed by atoms with Crippen LogP contribution in [0.4, 0.5) is 5.82 Å². The fraction of sp³-hybridized carbons (Fsp3) is 0.182. The molecule has 0 amide bonds. The first-order valence-electron chi connectivity index (χ1n) is 5.39. The van der Waals surface area contributed by atoms with Gasteiger partial charge in [0.2, 0.25) is 0 Å². The summed E-state index contributed by atoms with van der Waals surface area (Å²) in [5, 5.41) is 2.98. The van der Waals surface area contributed by atoms with Crippen molar-refractivity contribution in [2.75, 3.05) is 11.8 Å². The lowest BCUT2D eigenvalue weighted by atomic mass is 10.5. The lowest BCUT2D eigenvalue weighted by Gasteiger charge is -2.04. The molecule has 0 atom stereocenters. The van der Waals surface area contributed by atoms with E-state index in [1.165, 1.54) is 11.3 Å². The van der Waals surface area contributed by atoms with Crippen LogP contribution >= 0.6 is 27.3 Å². The zero-order valence-corrected chi connectivity index (χ0v) is 13.3. The second-order valence-corrected chi connectivity index (χ2v) is 7.71. The van der Waals surface area contributed by atoms with Crippen LogP contribution in [-0.4, -0.2) is 20.4 Å². The molecule has 2 aromatic heterocycles. The average molecular weight is 362 g/mol. The van der Waals surface area contributed by atoms with E-state index in [0.29, 0.717) is 12.4 Å². The van der Waals surface area contributed by atoms with Gasteiger partial charge in [-0.05, 0) is 47.2 Å². The number of nitrogens with one attached hydrogen (secondary N) is 2. The molecule has 5 nitrogen and oxygen atoms in total. The highest BCUT2D eigenvalue weighted by molar-refractivity contribution is 9.10. The van der Waals surface area contributed by atoms with Crippen molar-refractivity contribution in [2.45, 2.75) is 10.8 Å². The fourth-order valence-electron chi connectivity index (χ4n) is 1.40. The van der Waals surface area contributed by atoms with E-state index in [0.717, 1.165) is 9.35 Å². The second kappa shape index (κ2) is 6.00. The molecule has 0 saturated heterocycles. The Hall–Kier alpha value is -0.960. The monoisotopic (exact) mass is 361 g/mol. The Morgan fingerprint density at radius 2 is 2.11 bits per heavy atom. The Balaban J connectivity index is 2.19. The van der Waals surface area contributed by atoms with Gasteiger partial charge in [0.1, 0.15) is 10.0 Å². The third-order valence-electron chi connectivity index (χ3n) is 2.22. The summed E-state index contributed by atoms with van der Waals surface area (Å²) >= 11 is 4.48. The predicted octanol–water partition coefficient (Wildman–Crippen LogP) is 2.43. The van der Waals surface area contributed by atoms with Gasteiger partial charge in [-0.15, -0.1) is 11.3 Å². The van der Waals surface area contributed by atoms with E-state index in [1.54, 1.807) is 30.5 Å². The average Bonchev–Trinajstić information content (AvgIpc) is 2.82. The van der Waals surface area contributed by atoms with Gasteiger partial charge in [-0.2, -0.15) is 0 Å². The number of thiophene rings is 1. The molecule has 0 spiro atoms. The fourth-order valence-corrected chi connectivity index (χ4v) is 4.01. The summed E-state index contributed by atoms with van der Waals surface area (Å²) in [5.41, 5.74) is 0. The molecule has 0 aliphatic rings. The molecular formula is C11H12BrN3O2S2. The SMILES string of the molecule is CNCc1ccc(S(=O)(=O)Nc2ccc(Br)cn2)s1. The first-order valence-corrected chi connectivity index (χ1v) is 8.48. The molecular weight excluding hydrogens is 350 g/mol. The lowest BCUT2D eigenvalue weighted by Crippen LogP contribution is -2.12. The standard InChI is InChI=1S/C11H12BrN3O2S2/c1-13-7-9-3-5-11(18-9)19(16,17)15-10-4-2-8(12)6-14-10/h2-6,13H,7H2,1H3,(H,14,15). The van der Waals surface area contributed by atoms with Crippen LogP contribution in [0.2, 0.25) is 0 Å². The van der Waals surface area contributed by atoms with Gasteiger partial charge in [-0.1, -0.05) is 0 Å². The van der Waals surface area contributed by atoms with Gasteiger partial charge in [-0.3, -0.25) is 4.72 Å². The molecule has 2 aromatic rings. The Bertz CT molecular complexity index is 653. The van der Waals surface area contributed by atoms with Crippen LogP contribution in [0.25, 0.3) is 0 Å². The third kappa shape index (κ3) is 3.75. The molecule has 0 aliphatic heterocycles. The predicted molar refractivity (Wildman–Crippen MR) is 79.8 cm³/mol. The van der Waals surface area contributed by atoms with Crippen molar-refractivity contribution in [2.24, 2.45) is 0 Å². The molecule has 0 aliphatic carbocycles. The van der Waals surface area contributed by atoms with Crippen molar-refractivity contribution in [1.82, 2.24) is 10.3 Å². The van der Waals surface area contributed by atoms with Crippen molar-refractivity contribution < 1.29 is 8.42 Å². The molecule has 0 aromatic carbocycles. The molecule has 0 saturated carbocycles. The van der Waals surface area contributed by atoms with Gasteiger partial charge in [0.15, 0.2) is 0 Å². The van der Waals surface area contributed by atoms with E-state index in [-0.39, 0.29) is 4.21 Å². The number of sulfonamides is 1. The number of aromatic nitrogens is 1. The first kappa shape index (κ1) is 14.4. The topological polar surface area (TPSA) is 71.1 Å². The summed E-state index contributed by atoms with van der Waals surface area (Å²) < 4.78 is 27.8. The van der Waals surface area contributed by atoms with Gasteiger partial charge >= 0.3 is 0 Å². The molecule has 0 radical (unpaired) electrons. The molecule has 0 bridgehead atoms. The number of hydrogen-bond donors (Lipinski definition) is 2. The summed E-state index contributed by atoms with van der Waals surface area (Å²) in [7, 11) is -1.74. The van der Waals surface area contributed by atoms with Crippen LogP contribution in [-0.2, 0) is 16.6 Å². The Morgan fingerprint density at radius 1 is 1.32 bits per heavy atom. The van der Waals surface area contributed by atoms with Crippen LogP contribution in [0.15, 0.2) is 39.1 Å². The van der Waals surface area contributed by atoms with Crippen LogP contribution in [0, 0.1) is 0 Å². The van der Waals surface area contributed by atoms with Crippen molar-refractivity contribution in [3.8, 4) is 0 Å². The highest BCUT2D eigenvalue weighted by Gasteiger charge is 2.17. The maximum absolute atomic E-state index is 12.1. The normalized spacial score (nSPS) is 11.5. The van der Waals surface area contributed by atoms with Crippen molar-refractivity contribution in [3.05, 3.63) is 39.8 Å². The molecule has 0 fully saturated rings. The second-order valence-electron chi connectivity index (χ2n) is 3.72. The van der Waals surface area contributed by atoms with Crippen LogP contribution in [0.1, 0.15) is 4.88 Å². The summed E-state index contributed by atoms with van der Waals surface area (Å²) in [4.78, 5) is 4.95. The molecule has 19 heavy (non-hydrogen) atoms. The summed E-state index contributed by atoms with van der Waals surface area (Å²) in [6.07, 6.45) is 1.54. The van der Waals surface area contributed by atoms with E-state index >= 15 is 0 Å². The van der Waals surface area contributed by atoms with Crippen LogP contribution in [0.5, 0.6) is 0 Å². The van der Waals surface area contributed by atoms with Gasteiger partial charge in [0, 0.05) is 22.1 Å². The lowest BCUT2D eigenvalue weighted by molar-refractivity contribution is 0.603.